The predicted octanol–water partition coefficient (Wildman–Crippen LogP) is -1.31. The van der Waals surface area contributed by atoms with Gasteiger partial charge in [0.1, 0.15) is 0 Å². The van der Waals surface area contributed by atoms with Gasteiger partial charge in [-0.3, -0.25) is 84.0 Å². The number of carboxylic acids is 2. The van der Waals surface area contributed by atoms with Crippen LogP contribution in [0.4, 0.5) is 0 Å². The van der Waals surface area contributed by atoms with Gasteiger partial charge in [0.05, 0.1) is 30.7 Å². The monoisotopic (exact) mass is 1360 g/mol. The molecule has 0 saturated carbocycles. The summed E-state index contributed by atoms with van der Waals surface area (Å²) in [7, 11) is 1.42. The summed E-state index contributed by atoms with van der Waals surface area (Å²) in [5.41, 5.74) is 27.6. The predicted molar refractivity (Wildman–Crippen MR) is 358 cm³/mol. The van der Waals surface area contributed by atoms with Gasteiger partial charge in [-0.05, 0) is 102 Å². The zero-order valence-electron chi connectivity index (χ0n) is 56.7. The number of nitrogens with one attached hydrogen (secondary N) is 14. The number of carboxylic acid groups (broad SMARTS) is 2. The van der Waals surface area contributed by atoms with Crippen LogP contribution in [0.2, 0.25) is 0 Å². The van der Waals surface area contributed by atoms with E-state index in [0.717, 1.165) is 6.92 Å². The highest BCUT2D eigenvalue weighted by Gasteiger charge is 2.37. The quantitative estimate of drug-likeness (QED) is 0.0191. The standard InChI is InChI=1S/C62H111N19O15/c1-7-36(4)53(81-57(95)40(16-11-25-74-60(66)67)32-49(86)46(78-37(5)82)20-22-52(90)91)50(87)33-41(19-21-51(88)89)55(93)77-34-43(83)29-42(28-35(2)3)58(96)80-45(18-13-27-76-62(70)71)48(85)31-39(14-8-9-23-63)56(94)79-44(17-12-26-75-61(68)69)47(84)30-38(54(92)72-6)15-10-24-73-59(64)65/h35-36,38-42,44-46,53H,7-34,63H2,1-6H3,(H,72,92)(H,77,93)(H,78,82)(H,79,94)(H,80,96)(H,81,95)(H,88,89)(H,90,91)(H4,64,65,73)(H4,66,67,74)(H4,68,69,75)(H4,70,71,76)/t36-,38+,39+,40+,41+,42+,44-,45-,46-,53-/m0/s1. The van der Waals surface area contributed by atoms with E-state index in [0.29, 0.717) is 25.7 Å². The molecule has 0 radical (unpaired) electrons. The van der Waals surface area contributed by atoms with Crippen LogP contribution in [0.25, 0.3) is 0 Å². The van der Waals surface area contributed by atoms with Crippen molar-refractivity contribution in [2.45, 2.75) is 200 Å². The van der Waals surface area contributed by atoms with Crippen LogP contribution in [-0.2, 0) is 62.3 Å². The molecular formula is C62H111N19O15. The average Bonchev–Trinajstić information content (AvgIpc) is 0.898. The van der Waals surface area contributed by atoms with E-state index >= 15 is 0 Å². The van der Waals surface area contributed by atoms with E-state index in [9.17, 15) is 72.5 Å². The van der Waals surface area contributed by atoms with Crippen LogP contribution in [0.15, 0.2) is 0 Å². The lowest BCUT2D eigenvalue weighted by Crippen LogP contribution is -2.49. The Labute approximate surface area is 562 Å². The van der Waals surface area contributed by atoms with Gasteiger partial charge in [-0.1, -0.05) is 40.5 Å². The summed E-state index contributed by atoms with van der Waals surface area (Å²) in [5, 5.41) is 75.4. The maximum atomic E-state index is 14.6. The number of carbonyl (C=O) groups is 13. The van der Waals surface area contributed by atoms with E-state index in [1.54, 1.807) is 27.7 Å². The Bertz CT molecular complexity index is 2630. The third-order valence-corrected chi connectivity index (χ3v) is 16.0. The third kappa shape index (κ3) is 39.8. The summed E-state index contributed by atoms with van der Waals surface area (Å²) in [6.45, 7) is 8.32. The van der Waals surface area contributed by atoms with E-state index in [4.69, 9.17) is 50.3 Å². The van der Waals surface area contributed by atoms with Gasteiger partial charge in [0.2, 0.25) is 35.4 Å². The molecule has 0 aliphatic rings. The first-order valence-electron chi connectivity index (χ1n) is 32.9. The lowest BCUT2D eigenvalue weighted by Gasteiger charge is -2.28. The molecule has 0 unspecified atom stereocenters. The van der Waals surface area contributed by atoms with Gasteiger partial charge < -0.3 is 92.0 Å². The van der Waals surface area contributed by atoms with Gasteiger partial charge in [-0.15, -0.1) is 0 Å². The minimum absolute atomic E-state index is 0.00564. The highest BCUT2D eigenvalue weighted by molar-refractivity contribution is 5.98. The van der Waals surface area contributed by atoms with Gasteiger partial charge >= 0.3 is 11.9 Å². The van der Waals surface area contributed by atoms with Crippen molar-refractivity contribution >= 4 is 100 Å². The van der Waals surface area contributed by atoms with Crippen LogP contribution >= 0.6 is 0 Å². The fraction of sp³-hybridized carbons (Fsp3) is 0.726. The summed E-state index contributed by atoms with van der Waals surface area (Å²) in [5.74, 6) is -17.2. The molecule has 0 heterocycles. The van der Waals surface area contributed by atoms with Gasteiger partial charge in [-0.25, -0.2) is 0 Å². The lowest BCUT2D eigenvalue weighted by atomic mass is 9.86. The van der Waals surface area contributed by atoms with E-state index < -0.39 is 181 Å². The number of Topliss-reactive ketones (excluding diaryl/α,β-unsaturated/α-hetero) is 5. The molecule has 0 aromatic heterocycles. The molecule has 0 saturated heterocycles. The minimum atomic E-state index is -1.35. The Hall–Kier alpha value is -8.85. The van der Waals surface area contributed by atoms with E-state index in [1.807, 2.05) is 0 Å². The molecule has 0 aromatic carbocycles. The van der Waals surface area contributed by atoms with Crippen LogP contribution in [0, 0.1) is 63.1 Å². The molecule has 0 aliphatic heterocycles. The van der Waals surface area contributed by atoms with E-state index in [1.165, 1.54) is 7.05 Å². The minimum Gasteiger partial charge on any atom is -0.481 e. The van der Waals surface area contributed by atoms with Crippen molar-refractivity contribution in [1.82, 2.24) is 53.2 Å². The molecule has 34 heteroatoms. The number of aliphatic carboxylic acids is 2. The number of hydrogen-bond donors (Lipinski definition) is 21. The molecule has 0 aromatic rings. The fourth-order valence-corrected chi connectivity index (χ4v) is 10.7. The molecular weight excluding hydrogens is 1250 g/mol. The molecule has 96 heavy (non-hydrogen) atoms. The van der Waals surface area contributed by atoms with Crippen molar-refractivity contribution in [1.29, 1.82) is 21.6 Å². The molecule has 26 N–H and O–H groups in total. The first kappa shape index (κ1) is 87.2. The van der Waals surface area contributed by atoms with Gasteiger partial charge in [0, 0.05) is 115 Å². The van der Waals surface area contributed by atoms with Crippen molar-refractivity contribution in [3.05, 3.63) is 0 Å². The number of carbonyl (C=O) groups excluding carboxylic acids is 11. The number of amides is 6. The maximum Gasteiger partial charge on any atom is 0.303 e. The van der Waals surface area contributed by atoms with Crippen LogP contribution in [0.3, 0.4) is 0 Å². The molecule has 0 bridgehead atoms. The molecule has 10 atom stereocenters. The van der Waals surface area contributed by atoms with Gasteiger partial charge in [0.25, 0.3) is 0 Å². The Morgan fingerprint density at radius 2 is 0.802 bits per heavy atom. The maximum absolute atomic E-state index is 14.6. The average molecular weight is 1360 g/mol. The Morgan fingerprint density at radius 1 is 0.427 bits per heavy atom. The molecule has 34 nitrogen and oxygen atoms in total. The van der Waals surface area contributed by atoms with Crippen LogP contribution < -0.4 is 81.8 Å². The molecule has 544 valence electrons. The topological polar surface area (TPSA) is 608 Å². The molecule has 0 fully saturated rings. The third-order valence-electron chi connectivity index (χ3n) is 16.0. The van der Waals surface area contributed by atoms with Gasteiger partial charge in [-0.2, -0.15) is 0 Å². The molecule has 6 amide bonds. The second-order valence-electron chi connectivity index (χ2n) is 24.7. The van der Waals surface area contributed by atoms with Crippen molar-refractivity contribution < 1.29 is 72.5 Å². The van der Waals surface area contributed by atoms with Crippen molar-refractivity contribution in [2.24, 2.45) is 70.1 Å². The van der Waals surface area contributed by atoms with Crippen LogP contribution in [0.5, 0.6) is 0 Å². The highest BCUT2D eigenvalue weighted by atomic mass is 16.4. The number of nitrogens with two attached hydrogens (primary N) is 5. The smallest absolute Gasteiger partial charge is 0.303 e. The van der Waals surface area contributed by atoms with E-state index in [2.05, 4.69) is 53.2 Å². The second kappa shape index (κ2) is 48.8. The lowest BCUT2D eigenvalue weighted by molar-refractivity contribution is -0.139. The molecule has 0 aliphatic carbocycles. The first-order chi connectivity index (χ1) is 45.1. The Morgan fingerprint density at radius 3 is 1.20 bits per heavy atom. The van der Waals surface area contributed by atoms with Crippen molar-refractivity contribution in [3.63, 3.8) is 0 Å². The second-order valence-corrected chi connectivity index (χ2v) is 24.7. The van der Waals surface area contributed by atoms with Gasteiger partial charge in [0.15, 0.2) is 52.8 Å². The summed E-state index contributed by atoms with van der Waals surface area (Å²) in [6, 6.07) is -4.96. The van der Waals surface area contributed by atoms with E-state index in [-0.39, 0.29) is 140 Å². The number of ketones is 5. The van der Waals surface area contributed by atoms with Crippen molar-refractivity contribution in [2.75, 3.05) is 46.3 Å². The molecule has 0 rings (SSSR count). The zero-order valence-corrected chi connectivity index (χ0v) is 56.7. The number of unbranched alkanes of at least 4 members (excludes halogenated alkanes) is 1. The Balaban J connectivity index is 6.94. The number of guanidine groups is 4. The molecule has 0 spiro atoms. The fourth-order valence-electron chi connectivity index (χ4n) is 10.7. The highest BCUT2D eigenvalue weighted by Crippen LogP contribution is 2.24. The summed E-state index contributed by atoms with van der Waals surface area (Å²) in [4.78, 5) is 176. The zero-order chi connectivity index (χ0) is 73.0. The number of hydrogen-bond acceptors (Lipinski definition) is 18. The first-order valence-corrected chi connectivity index (χ1v) is 32.9. The summed E-state index contributed by atoms with van der Waals surface area (Å²) >= 11 is 0. The largest absolute Gasteiger partial charge is 0.481 e. The summed E-state index contributed by atoms with van der Waals surface area (Å²) < 4.78 is 0. The van der Waals surface area contributed by atoms with Crippen LogP contribution in [0.1, 0.15) is 176 Å². The van der Waals surface area contributed by atoms with Crippen LogP contribution in [-0.4, -0.2) is 181 Å². The summed E-state index contributed by atoms with van der Waals surface area (Å²) in [6.07, 6.45) is -1.31. The number of rotatable bonds is 55. The SMILES string of the molecule is CC[C@H](C)[C@H](NC(=O)[C@H](CCCNC(=N)N)CC(=O)[C@H](CCC(=O)O)NC(C)=O)C(=O)C[C@@H](CCC(=O)O)C(=O)NCC(=O)C[C@@H](CC(C)C)C(=O)N[C@@H](CCCNC(=N)N)C(=O)C[C@@H](CCCCN)C(=O)N[C@@H](CCCNC(=N)N)C(=O)C[C@@H](CCCNC(=N)N)C(=O)NC. The van der Waals surface area contributed by atoms with Crippen molar-refractivity contribution in [3.8, 4) is 0 Å². The normalized spacial score (nSPS) is 14.1. The Kier molecular flexibility index (Phi) is 44.3.